The highest BCUT2D eigenvalue weighted by atomic mass is 16.2. The second kappa shape index (κ2) is 5.70. The number of nitrogens with one attached hydrogen (secondary N) is 2. The summed E-state index contributed by atoms with van der Waals surface area (Å²) in [7, 11) is 0. The van der Waals surface area contributed by atoms with E-state index in [0.717, 1.165) is 6.42 Å². The molecule has 2 unspecified atom stereocenters. The Kier molecular flexibility index (Phi) is 4.55. The Labute approximate surface area is 89.8 Å². The Morgan fingerprint density at radius 1 is 1.73 bits per heavy atom. The van der Waals surface area contributed by atoms with E-state index < -0.39 is 0 Å². The molecule has 86 valence electrons. The quantitative estimate of drug-likeness (QED) is 0.581. The third-order valence-electron chi connectivity index (χ3n) is 2.57. The SMILES string of the molecule is CC(CN)CC(=O)NC1CCC(=O)NC1. The minimum Gasteiger partial charge on any atom is -0.354 e. The summed E-state index contributed by atoms with van der Waals surface area (Å²) in [6, 6.07) is 0.0835. The van der Waals surface area contributed by atoms with E-state index in [1.807, 2.05) is 6.92 Å². The molecule has 0 aromatic rings. The lowest BCUT2D eigenvalue weighted by Gasteiger charge is -2.23. The number of piperidine rings is 1. The summed E-state index contributed by atoms with van der Waals surface area (Å²) < 4.78 is 0. The van der Waals surface area contributed by atoms with Crippen molar-refractivity contribution < 1.29 is 9.59 Å². The summed E-state index contributed by atoms with van der Waals surface area (Å²) in [5.41, 5.74) is 5.43. The molecule has 1 rings (SSSR count). The van der Waals surface area contributed by atoms with E-state index in [4.69, 9.17) is 5.73 Å². The molecular weight excluding hydrogens is 194 g/mol. The molecule has 1 heterocycles. The van der Waals surface area contributed by atoms with Crippen LogP contribution < -0.4 is 16.4 Å². The first-order valence-electron chi connectivity index (χ1n) is 5.38. The molecule has 0 spiro atoms. The van der Waals surface area contributed by atoms with Crippen LogP contribution in [0.2, 0.25) is 0 Å². The predicted molar refractivity (Wildman–Crippen MR) is 57.0 cm³/mol. The summed E-state index contributed by atoms with van der Waals surface area (Å²) in [5, 5.41) is 5.62. The number of rotatable bonds is 4. The predicted octanol–water partition coefficient (Wildman–Crippen LogP) is -0.634. The normalized spacial score (nSPS) is 23.1. The monoisotopic (exact) mass is 213 g/mol. The molecule has 5 heteroatoms. The van der Waals surface area contributed by atoms with Gasteiger partial charge in [-0.3, -0.25) is 9.59 Å². The minimum atomic E-state index is 0.0223. The van der Waals surface area contributed by atoms with Gasteiger partial charge in [0, 0.05) is 25.4 Å². The molecule has 0 saturated carbocycles. The van der Waals surface area contributed by atoms with Crippen LogP contribution in [0.3, 0.4) is 0 Å². The molecular formula is C10H19N3O2. The fourth-order valence-corrected chi connectivity index (χ4v) is 1.54. The van der Waals surface area contributed by atoms with E-state index in [2.05, 4.69) is 10.6 Å². The zero-order valence-corrected chi connectivity index (χ0v) is 9.08. The van der Waals surface area contributed by atoms with Crippen LogP contribution in [0.1, 0.15) is 26.2 Å². The third kappa shape index (κ3) is 4.29. The maximum atomic E-state index is 11.5. The molecule has 0 aliphatic carbocycles. The Hall–Kier alpha value is -1.10. The van der Waals surface area contributed by atoms with E-state index in [9.17, 15) is 9.59 Å². The first-order valence-corrected chi connectivity index (χ1v) is 5.38. The summed E-state index contributed by atoms with van der Waals surface area (Å²) >= 11 is 0. The van der Waals surface area contributed by atoms with Crippen LogP contribution in [-0.4, -0.2) is 30.9 Å². The van der Waals surface area contributed by atoms with Gasteiger partial charge in [-0.15, -0.1) is 0 Å². The number of carbonyl (C=O) groups is 2. The van der Waals surface area contributed by atoms with Gasteiger partial charge in [0.15, 0.2) is 0 Å². The van der Waals surface area contributed by atoms with Gasteiger partial charge in [-0.2, -0.15) is 0 Å². The van der Waals surface area contributed by atoms with Gasteiger partial charge in [-0.25, -0.2) is 0 Å². The summed E-state index contributed by atoms with van der Waals surface area (Å²) in [6.07, 6.45) is 1.69. The lowest BCUT2D eigenvalue weighted by Crippen LogP contribution is -2.48. The fourth-order valence-electron chi connectivity index (χ4n) is 1.54. The Bertz CT molecular complexity index is 233. The standard InChI is InChI=1S/C10H19N3O2/c1-7(5-11)4-10(15)13-8-2-3-9(14)12-6-8/h7-8H,2-6,11H2,1H3,(H,12,14)(H,13,15). The highest BCUT2D eigenvalue weighted by molar-refractivity contribution is 5.79. The largest absolute Gasteiger partial charge is 0.354 e. The lowest BCUT2D eigenvalue weighted by molar-refractivity contribution is -0.126. The van der Waals surface area contributed by atoms with Crippen LogP contribution in [0.25, 0.3) is 0 Å². The van der Waals surface area contributed by atoms with E-state index in [1.165, 1.54) is 0 Å². The highest BCUT2D eigenvalue weighted by Gasteiger charge is 2.19. The van der Waals surface area contributed by atoms with Crippen LogP contribution in [0.4, 0.5) is 0 Å². The van der Waals surface area contributed by atoms with Crippen LogP contribution >= 0.6 is 0 Å². The number of hydrogen-bond donors (Lipinski definition) is 3. The average Bonchev–Trinajstić information content (AvgIpc) is 2.21. The molecule has 2 amide bonds. The molecule has 1 aliphatic heterocycles. The maximum Gasteiger partial charge on any atom is 0.220 e. The zero-order valence-electron chi connectivity index (χ0n) is 9.08. The first-order chi connectivity index (χ1) is 7.11. The van der Waals surface area contributed by atoms with Crippen molar-refractivity contribution in [2.75, 3.05) is 13.1 Å². The Balaban J connectivity index is 2.23. The van der Waals surface area contributed by atoms with Gasteiger partial charge in [0.05, 0.1) is 0 Å². The molecule has 1 saturated heterocycles. The van der Waals surface area contributed by atoms with Crippen molar-refractivity contribution in [2.45, 2.75) is 32.2 Å². The van der Waals surface area contributed by atoms with Crippen molar-refractivity contribution in [1.82, 2.24) is 10.6 Å². The topological polar surface area (TPSA) is 84.2 Å². The Morgan fingerprint density at radius 3 is 3.00 bits per heavy atom. The van der Waals surface area contributed by atoms with Gasteiger partial charge in [0.25, 0.3) is 0 Å². The summed E-state index contributed by atoms with van der Waals surface area (Å²) in [6.45, 7) is 3.01. The molecule has 4 N–H and O–H groups in total. The van der Waals surface area contributed by atoms with E-state index >= 15 is 0 Å². The molecule has 15 heavy (non-hydrogen) atoms. The van der Waals surface area contributed by atoms with Gasteiger partial charge in [0.2, 0.25) is 11.8 Å². The van der Waals surface area contributed by atoms with E-state index in [-0.39, 0.29) is 23.8 Å². The third-order valence-corrected chi connectivity index (χ3v) is 2.57. The van der Waals surface area contributed by atoms with Gasteiger partial charge in [-0.05, 0) is 18.9 Å². The lowest BCUT2D eigenvalue weighted by atomic mass is 10.0. The minimum absolute atomic E-state index is 0.0223. The number of carbonyl (C=O) groups excluding carboxylic acids is 2. The molecule has 0 aromatic heterocycles. The molecule has 2 atom stereocenters. The molecule has 5 nitrogen and oxygen atoms in total. The van der Waals surface area contributed by atoms with E-state index in [0.29, 0.717) is 25.9 Å². The van der Waals surface area contributed by atoms with Crippen molar-refractivity contribution in [2.24, 2.45) is 11.7 Å². The van der Waals surface area contributed by atoms with Gasteiger partial charge >= 0.3 is 0 Å². The van der Waals surface area contributed by atoms with Crippen molar-refractivity contribution in [3.05, 3.63) is 0 Å². The molecule has 0 radical (unpaired) electrons. The van der Waals surface area contributed by atoms with Crippen LogP contribution in [-0.2, 0) is 9.59 Å². The second-order valence-corrected chi connectivity index (χ2v) is 4.15. The van der Waals surface area contributed by atoms with Crippen molar-refractivity contribution in [1.29, 1.82) is 0 Å². The fraction of sp³-hybridized carbons (Fsp3) is 0.800. The highest BCUT2D eigenvalue weighted by Crippen LogP contribution is 2.04. The number of nitrogens with two attached hydrogens (primary N) is 1. The maximum absolute atomic E-state index is 11.5. The van der Waals surface area contributed by atoms with Crippen LogP contribution in [0.15, 0.2) is 0 Å². The summed E-state index contributed by atoms with van der Waals surface area (Å²) in [4.78, 5) is 22.4. The van der Waals surface area contributed by atoms with Crippen LogP contribution in [0, 0.1) is 5.92 Å². The summed E-state index contributed by atoms with van der Waals surface area (Å²) in [5.74, 6) is 0.299. The van der Waals surface area contributed by atoms with E-state index in [1.54, 1.807) is 0 Å². The first kappa shape index (κ1) is 12.0. The van der Waals surface area contributed by atoms with Crippen molar-refractivity contribution in [3.63, 3.8) is 0 Å². The second-order valence-electron chi connectivity index (χ2n) is 4.15. The zero-order chi connectivity index (χ0) is 11.3. The number of hydrogen-bond acceptors (Lipinski definition) is 3. The average molecular weight is 213 g/mol. The van der Waals surface area contributed by atoms with Crippen molar-refractivity contribution in [3.8, 4) is 0 Å². The molecule has 0 aromatic carbocycles. The number of amides is 2. The van der Waals surface area contributed by atoms with Crippen LogP contribution in [0.5, 0.6) is 0 Å². The van der Waals surface area contributed by atoms with Gasteiger partial charge in [0.1, 0.15) is 0 Å². The molecule has 1 aliphatic rings. The smallest absolute Gasteiger partial charge is 0.220 e. The van der Waals surface area contributed by atoms with Crippen molar-refractivity contribution >= 4 is 11.8 Å². The van der Waals surface area contributed by atoms with Gasteiger partial charge < -0.3 is 16.4 Å². The Morgan fingerprint density at radius 2 is 2.47 bits per heavy atom. The molecule has 1 fully saturated rings. The molecule has 0 bridgehead atoms. The van der Waals surface area contributed by atoms with Gasteiger partial charge in [-0.1, -0.05) is 6.92 Å².